The van der Waals surface area contributed by atoms with E-state index in [-0.39, 0.29) is 5.91 Å². The van der Waals surface area contributed by atoms with Crippen LogP contribution in [0.1, 0.15) is 56.5 Å². The number of amides is 1. The van der Waals surface area contributed by atoms with E-state index in [1.165, 1.54) is 6.42 Å². The molecule has 1 aliphatic rings. The molecule has 1 atom stereocenters. The van der Waals surface area contributed by atoms with E-state index < -0.39 is 0 Å². The first-order chi connectivity index (χ1) is 10.1. The molecule has 0 aromatic carbocycles. The van der Waals surface area contributed by atoms with Crippen molar-refractivity contribution in [2.24, 2.45) is 5.92 Å². The third-order valence-electron chi connectivity index (χ3n) is 3.83. The largest absolute Gasteiger partial charge is 0.336 e. The Bertz CT molecular complexity index is 457. The van der Waals surface area contributed by atoms with Crippen molar-refractivity contribution in [3.8, 4) is 0 Å². The summed E-state index contributed by atoms with van der Waals surface area (Å²) in [6.45, 7) is 8.96. The number of rotatable bonds is 6. The minimum atomic E-state index is -0.0390. The molecule has 0 radical (unpaired) electrons. The van der Waals surface area contributed by atoms with Gasteiger partial charge in [0.1, 0.15) is 5.82 Å². The minimum Gasteiger partial charge on any atom is -0.336 e. The highest BCUT2D eigenvalue weighted by molar-refractivity contribution is 5.90. The standard InChI is InChI=1S/C15H27N5O/c1-4-6-13-17-14(19-18-13)15(21)20-8-5-7-12(10-20)9-16-11(2)3/h11-12,16H,4-10H2,1-3H3,(H,17,18,19). The molecule has 1 amide bonds. The summed E-state index contributed by atoms with van der Waals surface area (Å²) in [5.74, 6) is 1.61. The zero-order valence-electron chi connectivity index (χ0n) is 13.4. The molecule has 118 valence electrons. The van der Waals surface area contributed by atoms with E-state index >= 15 is 0 Å². The maximum atomic E-state index is 12.5. The SMILES string of the molecule is CCCc1nc(C(=O)N2CCCC(CNC(C)C)C2)n[nH]1. The lowest BCUT2D eigenvalue weighted by molar-refractivity contribution is 0.0660. The molecule has 2 N–H and O–H groups in total. The molecule has 2 rings (SSSR count). The van der Waals surface area contributed by atoms with Gasteiger partial charge in [0.15, 0.2) is 0 Å². The maximum Gasteiger partial charge on any atom is 0.293 e. The lowest BCUT2D eigenvalue weighted by atomic mass is 9.97. The molecule has 2 heterocycles. The molecule has 0 spiro atoms. The molecule has 0 aliphatic carbocycles. The Morgan fingerprint density at radius 3 is 3.05 bits per heavy atom. The number of nitrogens with zero attached hydrogens (tertiary/aromatic N) is 3. The first-order valence-corrected chi connectivity index (χ1v) is 8.04. The fraction of sp³-hybridized carbons (Fsp3) is 0.800. The van der Waals surface area contributed by atoms with Gasteiger partial charge < -0.3 is 10.2 Å². The summed E-state index contributed by atoms with van der Waals surface area (Å²) >= 11 is 0. The van der Waals surface area contributed by atoms with Crippen molar-refractivity contribution in [1.29, 1.82) is 0 Å². The monoisotopic (exact) mass is 293 g/mol. The van der Waals surface area contributed by atoms with Crippen LogP contribution in [-0.4, -0.2) is 51.7 Å². The van der Waals surface area contributed by atoms with Gasteiger partial charge in [-0.05, 0) is 31.7 Å². The number of H-pyrrole nitrogens is 1. The third-order valence-corrected chi connectivity index (χ3v) is 3.83. The maximum absolute atomic E-state index is 12.5. The first-order valence-electron chi connectivity index (χ1n) is 8.04. The number of likely N-dealkylation sites (tertiary alicyclic amines) is 1. The Hall–Kier alpha value is -1.43. The fourth-order valence-corrected chi connectivity index (χ4v) is 2.70. The fourth-order valence-electron chi connectivity index (χ4n) is 2.70. The molecular weight excluding hydrogens is 266 g/mol. The summed E-state index contributed by atoms with van der Waals surface area (Å²) in [7, 11) is 0. The van der Waals surface area contributed by atoms with E-state index in [9.17, 15) is 4.79 Å². The number of hydrogen-bond donors (Lipinski definition) is 2. The summed E-state index contributed by atoms with van der Waals surface area (Å²) in [4.78, 5) is 18.7. The second kappa shape index (κ2) is 7.54. The lowest BCUT2D eigenvalue weighted by Crippen LogP contribution is -2.44. The van der Waals surface area contributed by atoms with Gasteiger partial charge in [0.2, 0.25) is 5.82 Å². The van der Waals surface area contributed by atoms with Crippen LogP contribution >= 0.6 is 0 Å². The molecule has 6 heteroatoms. The van der Waals surface area contributed by atoms with Crippen molar-refractivity contribution in [1.82, 2.24) is 25.4 Å². The summed E-state index contributed by atoms with van der Waals surface area (Å²) in [5, 5.41) is 10.4. The highest BCUT2D eigenvalue weighted by atomic mass is 16.2. The third kappa shape index (κ3) is 4.52. The molecule has 21 heavy (non-hydrogen) atoms. The molecule has 1 aromatic rings. The Labute approximate surface area is 126 Å². The minimum absolute atomic E-state index is 0.0390. The van der Waals surface area contributed by atoms with E-state index in [2.05, 4.69) is 41.3 Å². The van der Waals surface area contributed by atoms with Crippen LogP contribution in [0.25, 0.3) is 0 Å². The van der Waals surface area contributed by atoms with Crippen LogP contribution in [0.2, 0.25) is 0 Å². The average Bonchev–Trinajstić information content (AvgIpc) is 2.94. The van der Waals surface area contributed by atoms with Gasteiger partial charge in [-0.1, -0.05) is 20.8 Å². The quantitative estimate of drug-likeness (QED) is 0.835. The van der Waals surface area contributed by atoms with Gasteiger partial charge in [-0.15, -0.1) is 5.10 Å². The van der Waals surface area contributed by atoms with Crippen LogP contribution in [0.3, 0.4) is 0 Å². The van der Waals surface area contributed by atoms with Gasteiger partial charge in [0.25, 0.3) is 5.91 Å². The molecule has 0 bridgehead atoms. The Kier molecular flexibility index (Phi) is 5.73. The van der Waals surface area contributed by atoms with Gasteiger partial charge in [-0.2, -0.15) is 0 Å². The highest BCUT2D eigenvalue weighted by Crippen LogP contribution is 2.17. The number of aryl methyl sites for hydroxylation is 1. The predicted octanol–water partition coefficient (Wildman–Crippen LogP) is 1.61. The zero-order chi connectivity index (χ0) is 15.2. The van der Waals surface area contributed by atoms with Crippen molar-refractivity contribution in [2.45, 2.75) is 52.5 Å². The van der Waals surface area contributed by atoms with Gasteiger partial charge in [0, 0.05) is 25.6 Å². The molecule has 6 nitrogen and oxygen atoms in total. The summed E-state index contributed by atoms with van der Waals surface area (Å²) in [5.41, 5.74) is 0. The van der Waals surface area contributed by atoms with Crippen LogP contribution in [-0.2, 0) is 6.42 Å². The molecule has 1 saturated heterocycles. The average molecular weight is 293 g/mol. The second-order valence-electron chi connectivity index (χ2n) is 6.18. The van der Waals surface area contributed by atoms with E-state index in [1.807, 2.05) is 4.90 Å². The van der Waals surface area contributed by atoms with E-state index in [0.717, 1.165) is 44.7 Å². The number of carbonyl (C=O) groups excluding carboxylic acids is 1. The van der Waals surface area contributed by atoms with Gasteiger partial charge in [-0.25, -0.2) is 4.98 Å². The molecule has 1 fully saturated rings. The highest BCUT2D eigenvalue weighted by Gasteiger charge is 2.26. The van der Waals surface area contributed by atoms with Crippen LogP contribution in [0.5, 0.6) is 0 Å². The second-order valence-corrected chi connectivity index (χ2v) is 6.18. The smallest absolute Gasteiger partial charge is 0.293 e. The van der Waals surface area contributed by atoms with Crippen molar-refractivity contribution >= 4 is 5.91 Å². The van der Waals surface area contributed by atoms with Crippen molar-refractivity contribution < 1.29 is 4.79 Å². The Morgan fingerprint density at radius 1 is 1.52 bits per heavy atom. The van der Waals surface area contributed by atoms with E-state index in [1.54, 1.807) is 0 Å². The zero-order valence-corrected chi connectivity index (χ0v) is 13.4. The van der Waals surface area contributed by atoms with Gasteiger partial charge in [-0.3, -0.25) is 9.89 Å². The van der Waals surface area contributed by atoms with Crippen molar-refractivity contribution in [2.75, 3.05) is 19.6 Å². The van der Waals surface area contributed by atoms with Gasteiger partial charge >= 0.3 is 0 Å². The Balaban J connectivity index is 1.91. The summed E-state index contributed by atoms with van der Waals surface area (Å²) < 4.78 is 0. The molecule has 1 aromatic heterocycles. The number of carbonyl (C=O) groups is 1. The first kappa shape index (κ1) is 15.9. The number of piperidine rings is 1. The number of aromatic nitrogens is 3. The van der Waals surface area contributed by atoms with E-state index in [0.29, 0.717) is 17.8 Å². The predicted molar refractivity (Wildman–Crippen MR) is 82.1 cm³/mol. The normalized spacial score (nSPS) is 19.2. The van der Waals surface area contributed by atoms with E-state index in [4.69, 9.17) is 0 Å². The molecule has 0 saturated carbocycles. The van der Waals surface area contributed by atoms with Crippen molar-refractivity contribution in [3.05, 3.63) is 11.6 Å². The van der Waals surface area contributed by atoms with Crippen molar-refractivity contribution in [3.63, 3.8) is 0 Å². The summed E-state index contributed by atoms with van der Waals surface area (Å²) in [6.07, 6.45) is 4.07. The summed E-state index contributed by atoms with van der Waals surface area (Å²) in [6, 6.07) is 0.487. The van der Waals surface area contributed by atoms with Crippen LogP contribution in [0.15, 0.2) is 0 Å². The lowest BCUT2D eigenvalue weighted by Gasteiger charge is -2.32. The van der Waals surface area contributed by atoms with Crippen LogP contribution < -0.4 is 5.32 Å². The molecular formula is C15H27N5O. The number of aromatic amines is 1. The van der Waals surface area contributed by atoms with Crippen LogP contribution in [0, 0.1) is 5.92 Å². The Morgan fingerprint density at radius 2 is 2.33 bits per heavy atom. The number of nitrogens with one attached hydrogen (secondary N) is 2. The van der Waals surface area contributed by atoms with Crippen LogP contribution in [0.4, 0.5) is 0 Å². The topological polar surface area (TPSA) is 73.9 Å². The molecule has 1 unspecified atom stereocenters. The molecule has 1 aliphatic heterocycles. The van der Waals surface area contributed by atoms with Gasteiger partial charge in [0.05, 0.1) is 0 Å². The number of hydrogen-bond acceptors (Lipinski definition) is 4.